The van der Waals surface area contributed by atoms with Gasteiger partial charge in [0.2, 0.25) is 0 Å². The maximum Gasteiger partial charge on any atom is 0.254 e. The Balaban J connectivity index is 2.55. The van der Waals surface area contributed by atoms with Gasteiger partial charge in [0.1, 0.15) is 10.7 Å². The lowest BCUT2D eigenvalue weighted by atomic mass is 10.5. The molecule has 0 amide bonds. The number of nitrogens with zero attached hydrogens (tertiary/aromatic N) is 2. The Morgan fingerprint density at radius 1 is 1.42 bits per heavy atom. The fourth-order valence-corrected chi connectivity index (χ4v) is 1.14. The molecule has 2 aromatic heterocycles. The summed E-state index contributed by atoms with van der Waals surface area (Å²) in [6.45, 7) is 1.80. The fourth-order valence-electron chi connectivity index (χ4n) is 0.977. The minimum atomic E-state index is 0.561. The first-order chi connectivity index (χ1) is 5.79. The Bertz CT molecular complexity index is 378. The lowest BCUT2D eigenvalue weighted by molar-refractivity contribution is 0.402. The van der Waals surface area contributed by atoms with Gasteiger partial charge in [-0.05, 0) is 19.1 Å². The van der Waals surface area contributed by atoms with E-state index in [1.54, 1.807) is 11.5 Å². The van der Waals surface area contributed by atoms with Crippen molar-refractivity contribution in [3.05, 3.63) is 35.2 Å². The Morgan fingerprint density at radius 3 is 2.58 bits per heavy atom. The van der Waals surface area contributed by atoms with Crippen molar-refractivity contribution in [2.45, 2.75) is 6.92 Å². The summed E-state index contributed by atoms with van der Waals surface area (Å²) in [7, 11) is 0. The number of halogens is 1. The average Bonchev–Trinajstić information content (AvgIpc) is 2.64. The van der Waals surface area contributed by atoms with Gasteiger partial charge in [-0.3, -0.25) is 4.57 Å². The van der Waals surface area contributed by atoms with Crippen molar-refractivity contribution < 1.29 is 4.52 Å². The molecule has 0 unspecified atom stereocenters. The molecule has 12 heavy (non-hydrogen) atoms. The molecule has 2 heterocycles. The molecule has 2 aromatic rings. The lowest BCUT2D eigenvalue weighted by Gasteiger charge is -1.94. The summed E-state index contributed by atoms with van der Waals surface area (Å²) in [5, 5.41) is 4.31. The van der Waals surface area contributed by atoms with Crippen molar-refractivity contribution in [1.29, 1.82) is 0 Å². The Hall–Kier alpha value is -1.22. The number of aromatic nitrogens is 2. The second kappa shape index (κ2) is 2.68. The van der Waals surface area contributed by atoms with Crippen LogP contribution in [0.25, 0.3) is 5.88 Å². The van der Waals surface area contributed by atoms with Crippen molar-refractivity contribution in [2.75, 3.05) is 0 Å². The van der Waals surface area contributed by atoms with Gasteiger partial charge in [0.25, 0.3) is 5.88 Å². The van der Waals surface area contributed by atoms with Crippen LogP contribution in [0.2, 0.25) is 5.02 Å². The van der Waals surface area contributed by atoms with E-state index >= 15 is 0 Å². The molecule has 0 aromatic carbocycles. The smallest absolute Gasteiger partial charge is 0.254 e. The van der Waals surface area contributed by atoms with Crippen LogP contribution in [-0.4, -0.2) is 9.72 Å². The van der Waals surface area contributed by atoms with Gasteiger partial charge in [-0.1, -0.05) is 16.8 Å². The molecule has 0 N–H and O–H groups in total. The van der Waals surface area contributed by atoms with Crippen LogP contribution in [-0.2, 0) is 0 Å². The molecule has 0 saturated heterocycles. The van der Waals surface area contributed by atoms with Crippen LogP contribution in [0, 0.1) is 6.92 Å². The third kappa shape index (κ3) is 1.02. The van der Waals surface area contributed by atoms with E-state index in [2.05, 4.69) is 5.16 Å². The van der Waals surface area contributed by atoms with E-state index in [-0.39, 0.29) is 0 Å². The maximum absolute atomic E-state index is 5.92. The molecule has 0 fully saturated rings. The molecule has 0 radical (unpaired) electrons. The minimum Gasteiger partial charge on any atom is -0.336 e. The van der Waals surface area contributed by atoms with Crippen LogP contribution in [0.1, 0.15) is 5.69 Å². The Kier molecular flexibility index (Phi) is 1.66. The Labute approximate surface area is 74.5 Å². The van der Waals surface area contributed by atoms with Gasteiger partial charge >= 0.3 is 0 Å². The number of aryl methyl sites for hydroxylation is 1. The first kappa shape index (κ1) is 7.43. The standard InChI is InChI=1S/C8H7ClN2O/c1-6-7(9)8(12-10-6)11-4-2-3-5-11/h2-5H,1H3. The normalized spacial score (nSPS) is 10.5. The van der Waals surface area contributed by atoms with Crippen LogP contribution in [0.15, 0.2) is 29.0 Å². The molecule has 0 saturated carbocycles. The SMILES string of the molecule is Cc1noc(-n2cccc2)c1Cl. The van der Waals surface area contributed by atoms with Gasteiger partial charge in [0.05, 0.1) is 0 Å². The highest BCUT2D eigenvalue weighted by Crippen LogP contribution is 2.23. The van der Waals surface area contributed by atoms with E-state index in [1.165, 1.54) is 0 Å². The first-order valence-corrected chi connectivity index (χ1v) is 3.92. The Morgan fingerprint density at radius 2 is 2.08 bits per heavy atom. The number of hydrogen-bond acceptors (Lipinski definition) is 2. The van der Waals surface area contributed by atoms with Gasteiger partial charge in [-0.25, -0.2) is 0 Å². The van der Waals surface area contributed by atoms with Crippen molar-refractivity contribution in [3.63, 3.8) is 0 Å². The van der Waals surface area contributed by atoms with E-state index in [0.717, 1.165) is 0 Å². The summed E-state index contributed by atoms with van der Waals surface area (Å²) in [6, 6.07) is 3.79. The van der Waals surface area contributed by atoms with E-state index in [9.17, 15) is 0 Å². The number of rotatable bonds is 1. The van der Waals surface area contributed by atoms with Crippen molar-refractivity contribution in [2.24, 2.45) is 0 Å². The summed E-state index contributed by atoms with van der Waals surface area (Å²) < 4.78 is 6.80. The summed E-state index contributed by atoms with van der Waals surface area (Å²) in [5.41, 5.74) is 0.709. The number of hydrogen-bond donors (Lipinski definition) is 0. The van der Waals surface area contributed by atoms with Crippen molar-refractivity contribution >= 4 is 11.6 Å². The predicted octanol–water partition coefficient (Wildman–Crippen LogP) is 2.43. The molecule has 0 bridgehead atoms. The molecule has 0 atom stereocenters. The molecule has 0 aliphatic carbocycles. The molecular formula is C8H7ClN2O. The highest BCUT2D eigenvalue weighted by atomic mass is 35.5. The van der Waals surface area contributed by atoms with Crippen LogP contribution < -0.4 is 0 Å². The highest BCUT2D eigenvalue weighted by Gasteiger charge is 2.10. The second-order valence-corrected chi connectivity index (χ2v) is 2.86. The third-order valence-corrected chi connectivity index (χ3v) is 2.05. The van der Waals surface area contributed by atoms with Crippen LogP contribution >= 0.6 is 11.6 Å². The first-order valence-electron chi connectivity index (χ1n) is 3.54. The largest absolute Gasteiger partial charge is 0.336 e. The van der Waals surface area contributed by atoms with E-state index in [0.29, 0.717) is 16.6 Å². The molecule has 4 heteroatoms. The van der Waals surface area contributed by atoms with Gasteiger partial charge < -0.3 is 4.52 Å². The average molecular weight is 183 g/mol. The topological polar surface area (TPSA) is 31.0 Å². The quantitative estimate of drug-likeness (QED) is 0.678. The zero-order chi connectivity index (χ0) is 8.55. The van der Waals surface area contributed by atoms with E-state index in [4.69, 9.17) is 16.1 Å². The van der Waals surface area contributed by atoms with Crippen LogP contribution in [0.4, 0.5) is 0 Å². The fraction of sp³-hybridized carbons (Fsp3) is 0.125. The summed E-state index contributed by atoms with van der Waals surface area (Å²) in [5.74, 6) is 0.569. The van der Waals surface area contributed by atoms with Crippen LogP contribution in [0.5, 0.6) is 0 Å². The lowest BCUT2D eigenvalue weighted by Crippen LogP contribution is -1.86. The minimum absolute atomic E-state index is 0.561. The van der Waals surface area contributed by atoms with Crippen molar-refractivity contribution in [1.82, 2.24) is 9.72 Å². The zero-order valence-electron chi connectivity index (χ0n) is 6.49. The molecular weight excluding hydrogens is 176 g/mol. The monoisotopic (exact) mass is 182 g/mol. The molecule has 2 rings (SSSR count). The van der Waals surface area contributed by atoms with E-state index < -0.39 is 0 Å². The summed E-state index contributed by atoms with van der Waals surface area (Å²) in [4.78, 5) is 0. The predicted molar refractivity (Wildman–Crippen MR) is 45.6 cm³/mol. The van der Waals surface area contributed by atoms with Gasteiger partial charge in [0, 0.05) is 12.4 Å². The molecule has 0 aliphatic heterocycles. The van der Waals surface area contributed by atoms with Crippen molar-refractivity contribution in [3.8, 4) is 5.88 Å². The second-order valence-electron chi connectivity index (χ2n) is 2.48. The van der Waals surface area contributed by atoms with Gasteiger partial charge in [0.15, 0.2) is 0 Å². The zero-order valence-corrected chi connectivity index (χ0v) is 7.25. The highest BCUT2D eigenvalue weighted by molar-refractivity contribution is 6.32. The molecule has 62 valence electrons. The van der Waals surface area contributed by atoms with Gasteiger partial charge in [-0.2, -0.15) is 0 Å². The van der Waals surface area contributed by atoms with E-state index in [1.807, 2.05) is 24.5 Å². The maximum atomic E-state index is 5.92. The summed E-state index contributed by atoms with van der Waals surface area (Å²) in [6.07, 6.45) is 3.71. The molecule has 0 spiro atoms. The third-order valence-electron chi connectivity index (χ3n) is 1.61. The molecule has 0 aliphatic rings. The van der Waals surface area contributed by atoms with Gasteiger partial charge in [-0.15, -0.1) is 0 Å². The van der Waals surface area contributed by atoms with Crippen LogP contribution in [0.3, 0.4) is 0 Å². The summed E-state index contributed by atoms with van der Waals surface area (Å²) >= 11 is 5.92. The molecule has 3 nitrogen and oxygen atoms in total.